The average molecular weight is 344 g/mol. The fourth-order valence-corrected chi connectivity index (χ4v) is 3.11. The van der Waals surface area contributed by atoms with Crippen molar-refractivity contribution in [2.24, 2.45) is 12.8 Å². The van der Waals surface area contributed by atoms with E-state index in [0.717, 1.165) is 23.0 Å². The van der Waals surface area contributed by atoms with E-state index < -0.39 is 0 Å². The van der Waals surface area contributed by atoms with E-state index in [9.17, 15) is 0 Å². The highest BCUT2D eigenvalue weighted by Crippen LogP contribution is 2.22. The molecule has 116 valence electrons. The van der Waals surface area contributed by atoms with Crippen LogP contribution in [-0.2, 0) is 13.5 Å². The van der Waals surface area contributed by atoms with Gasteiger partial charge in [-0.2, -0.15) is 5.10 Å². The van der Waals surface area contributed by atoms with Gasteiger partial charge >= 0.3 is 0 Å². The minimum Gasteiger partial charge on any atom is -0.327 e. The van der Waals surface area contributed by atoms with Gasteiger partial charge in [0.2, 0.25) is 0 Å². The smallest absolute Gasteiger partial charge is 0.0738 e. The first kappa shape index (κ1) is 17.7. The number of hydrogen-bond acceptors (Lipinski definition) is 2. The second kappa shape index (κ2) is 9.56. The summed E-state index contributed by atoms with van der Waals surface area (Å²) in [5, 5.41) is 4.42. The summed E-state index contributed by atoms with van der Waals surface area (Å²) < 4.78 is 3.07. The number of hydrogen-bond donors (Lipinski definition) is 1. The molecule has 1 aromatic heterocycles. The number of aromatic nitrogens is 2. The number of aryl methyl sites for hydroxylation is 2. The lowest BCUT2D eigenvalue weighted by Crippen LogP contribution is -2.24. The fourth-order valence-electron chi connectivity index (χ4n) is 2.62. The summed E-state index contributed by atoms with van der Waals surface area (Å²) >= 11 is 3.61. The van der Waals surface area contributed by atoms with Gasteiger partial charge in [0.15, 0.2) is 0 Å². The first-order valence-corrected chi connectivity index (χ1v) is 8.79. The summed E-state index contributed by atoms with van der Waals surface area (Å²) in [6, 6.07) is 0.247. The van der Waals surface area contributed by atoms with E-state index in [1.807, 2.05) is 18.7 Å². The number of halogens is 1. The molecule has 0 saturated heterocycles. The van der Waals surface area contributed by atoms with Crippen LogP contribution < -0.4 is 5.73 Å². The molecule has 1 heterocycles. The van der Waals surface area contributed by atoms with Crippen molar-refractivity contribution in [3.63, 3.8) is 0 Å². The summed E-state index contributed by atoms with van der Waals surface area (Å²) in [7, 11) is 1.99. The summed E-state index contributed by atoms with van der Waals surface area (Å²) in [4.78, 5) is 0. The Kier molecular flexibility index (Phi) is 8.46. The third-order valence-corrected chi connectivity index (χ3v) is 4.93. The van der Waals surface area contributed by atoms with Gasteiger partial charge in [0.1, 0.15) is 0 Å². The molecule has 1 aromatic rings. The summed E-state index contributed by atoms with van der Waals surface area (Å²) in [5.74, 6) is 0. The molecule has 0 spiro atoms. The second-order valence-electron chi connectivity index (χ2n) is 5.84. The summed E-state index contributed by atoms with van der Waals surface area (Å²) in [6.45, 7) is 4.28. The zero-order chi connectivity index (χ0) is 15.0. The molecular weight excluding hydrogens is 314 g/mol. The number of rotatable bonds is 10. The van der Waals surface area contributed by atoms with E-state index in [4.69, 9.17) is 5.73 Å². The molecule has 4 heteroatoms. The van der Waals surface area contributed by atoms with E-state index in [1.165, 1.54) is 50.6 Å². The number of nitrogens with zero attached hydrogens (tertiary/aromatic N) is 2. The van der Waals surface area contributed by atoms with Gasteiger partial charge in [-0.05, 0) is 29.3 Å². The molecule has 0 bridgehead atoms. The minimum atomic E-state index is 0.247. The number of unbranched alkanes of at least 4 members (excludes halogenated alkanes) is 6. The summed E-state index contributed by atoms with van der Waals surface area (Å²) in [5.41, 5.74) is 8.52. The maximum absolute atomic E-state index is 6.25. The minimum absolute atomic E-state index is 0.247. The van der Waals surface area contributed by atoms with Crippen LogP contribution in [0.1, 0.15) is 69.7 Å². The van der Waals surface area contributed by atoms with Crippen molar-refractivity contribution in [1.82, 2.24) is 9.78 Å². The maximum atomic E-state index is 6.25. The van der Waals surface area contributed by atoms with Crippen LogP contribution in [0.25, 0.3) is 0 Å². The monoisotopic (exact) mass is 343 g/mol. The lowest BCUT2D eigenvalue weighted by atomic mass is 10.0. The van der Waals surface area contributed by atoms with E-state index in [1.54, 1.807) is 0 Å². The third kappa shape index (κ3) is 5.96. The molecule has 0 aromatic carbocycles. The van der Waals surface area contributed by atoms with Crippen molar-refractivity contribution in [3.05, 3.63) is 15.9 Å². The van der Waals surface area contributed by atoms with E-state index in [-0.39, 0.29) is 6.04 Å². The predicted octanol–water partition coefficient (Wildman–Crippen LogP) is 4.50. The highest BCUT2D eigenvalue weighted by atomic mass is 79.9. The molecular formula is C16H30BrN3. The molecule has 1 atom stereocenters. The Labute approximate surface area is 132 Å². The molecule has 1 unspecified atom stereocenters. The van der Waals surface area contributed by atoms with Crippen molar-refractivity contribution in [3.8, 4) is 0 Å². The fraction of sp³-hybridized carbons (Fsp3) is 0.812. The molecule has 0 aliphatic rings. The Bertz CT molecular complexity index is 387. The molecule has 0 aliphatic heterocycles. The van der Waals surface area contributed by atoms with Crippen molar-refractivity contribution in [2.45, 2.75) is 77.7 Å². The van der Waals surface area contributed by atoms with Crippen LogP contribution in [0.3, 0.4) is 0 Å². The number of nitrogens with two attached hydrogens (primary N) is 1. The zero-order valence-corrected chi connectivity index (χ0v) is 14.9. The lowest BCUT2D eigenvalue weighted by molar-refractivity contribution is 0.517. The van der Waals surface area contributed by atoms with E-state index in [2.05, 4.69) is 28.0 Å². The highest BCUT2D eigenvalue weighted by Gasteiger charge is 2.13. The third-order valence-electron chi connectivity index (χ3n) is 3.90. The van der Waals surface area contributed by atoms with Crippen molar-refractivity contribution >= 4 is 15.9 Å². The molecule has 0 radical (unpaired) electrons. The Balaban J connectivity index is 2.19. The standard InChI is InChI=1S/C16H30BrN3/c1-4-5-6-7-8-9-10-11-14(18)12-15-16(17)13(2)19-20(15)3/h14H,4-12,18H2,1-3H3. The molecule has 1 rings (SSSR count). The van der Waals surface area contributed by atoms with Gasteiger partial charge in [0.05, 0.1) is 15.9 Å². The molecule has 0 fully saturated rings. The Morgan fingerprint density at radius 3 is 2.30 bits per heavy atom. The highest BCUT2D eigenvalue weighted by molar-refractivity contribution is 9.10. The Hall–Kier alpha value is -0.350. The normalized spacial score (nSPS) is 12.8. The van der Waals surface area contributed by atoms with Crippen molar-refractivity contribution < 1.29 is 0 Å². The quantitative estimate of drug-likeness (QED) is 0.635. The van der Waals surface area contributed by atoms with Gasteiger partial charge in [-0.1, -0.05) is 51.9 Å². The van der Waals surface area contributed by atoms with Gasteiger partial charge in [0.25, 0.3) is 0 Å². The molecule has 20 heavy (non-hydrogen) atoms. The first-order chi connectivity index (χ1) is 9.56. The van der Waals surface area contributed by atoms with Gasteiger partial charge < -0.3 is 5.73 Å². The molecule has 3 nitrogen and oxygen atoms in total. The second-order valence-corrected chi connectivity index (χ2v) is 6.64. The van der Waals surface area contributed by atoms with Crippen LogP contribution in [0, 0.1) is 6.92 Å². The molecule has 0 amide bonds. The van der Waals surface area contributed by atoms with Gasteiger partial charge in [0, 0.05) is 19.5 Å². The van der Waals surface area contributed by atoms with Crippen LogP contribution in [0.4, 0.5) is 0 Å². The molecule has 0 saturated carbocycles. The summed E-state index contributed by atoms with van der Waals surface area (Å²) in [6.07, 6.45) is 11.4. The molecule has 0 aliphatic carbocycles. The Morgan fingerprint density at radius 2 is 1.75 bits per heavy atom. The SMILES string of the molecule is CCCCCCCCCC(N)Cc1c(Br)c(C)nn1C. The van der Waals surface area contributed by atoms with Gasteiger partial charge in [-0.25, -0.2) is 0 Å². The molecule has 2 N–H and O–H groups in total. The largest absolute Gasteiger partial charge is 0.327 e. The van der Waals surface area contributed by atoms with Crippen LogP contribution >= 0.6 is 15.9 Å². The van der Waals surface area contributed by atoms with Gasteiger partial charge in [-0.3, -0.25) is 4.68 Å². The van der Waals surface area contributed by atoms with Crippen LogP contribution in [0.15, 0.2) is 4.47 Å². The predicted molar refractivity (Wildman–Crippen MR) is 89.9 cm³/mol. The van der Waals surface area contributed by atoms with Crippen molar-refractivity contribution in [1.29, 1.82) is 0 Å². The van der Waals surface area contributed by atoms with Crippen LogP contribution in [0.5, 0.6) is 0 Å². The van der Waals surface area contributed by atoms with Gasteiger partial charge in [-0.15, -0.1) is 0 Å². The van der Waals surface area contributed by atoms with Crippen LogP contribution in [-0.4, -0.2) is 15.8 Å². The zero-order valence-electron chi connectivity index (χ0n) is 13.3. The van der Waals surface area contributed by atoms with E-state index in [0.29, 0.717) is 0 Å². The average Bonchev–Trinajstić information content (AvgIpc) is 2.64. The maximum Gasteiger partial charge on any atom is 0.0738 e. The Morgan fingerprint density at radius 1 is 1.15 bits per heavy atom. The first-order valence-electron chi connectivity index (χ1n) is 7.99. The lowest BCUT2D eigenvalue weighted by Gasteiger charge is -2.12. The topological polar surface area (TPSA) is 43.8 Å². The van der Waals surface area contributed by atoms with Crippen LogP contribution in [0.2, 0.25) is 0 Å². The van der Waals surface area contributed by atoms with E-state index >= 15 is 0 Å². The van der Waals surface area contributed by atoms with Crippen molar-refractivity contribution in [2.75, 3.05) is 0 Å².